The molecular formula is C24H18N2O4. The number of rotatable bonds is 6. The summed E-state index contributed by atoms with van der Waals surface area (Å²) in [7, 11) is 0. The van der Waals surface area contributed by atoms with Crippen LogP contribution in [0.15, 0.2) is 66.9 Å². The molecule has 6 nitrogen and oxygen atoms in total. The van der Waals surface area contributed by atoms with Gasteiger partial charge >= 0.3 is 5.97 Å². The van der Waals surface area contributed by atoms with Crippen LogP contribution in [0.4, 0.5) is 0 Å². The first-order chi connectivity index (χ1) is 14.6. The highest BCUT2D eigenvalue weighted by atomic mass is 16.5. The number of ketones is 1. The number of aromatic nitrogens is 1. The van der Waals surface area contributed by atoms with Gasteiger partial charge < -0.3 is 14.4 Å². The Morgan fingerprint density at radius 1 is 0.967 bits per heavy atom. The fourth-order valence-corrected chi connectivity index (χ4v) is 3.53. The van der Waals surface area contributed by atoms with Crippen LogP contribution in [0.5, 0.6) is 5.75 Å². The summed E-state index contributed by atoms with van der Waals surface area (Å²) >= 11 is 0. The summed E-state index contributed by atoms with van der Waals surface area (Å²) < 4.78 is 7.05. The van der Waals surface area contributed by atoms with Crippen molar-refractivity contribution in [1.82, 2.24) is 4.57 Å². The zero-order valence-electron chi connectivity index (χ0n) is 16.0. The number of aryl methyl sites for hydroxylation is 1. The maximum Gasteiger partial charge on any atom is 0.342 e. The third-order valence-corrected chi connectivity index (χ3v) is 5.01. The second-order valence-electron chi connectivity index (χ2n) is 6.84. The Hall–Kier alpha value is -4.11. The molecule has 1 N–H and O–H groups in total. The van der Waals surface area contributed by atoms with Crippen molar-refractivity contribution in [1.29, 1.82) is 5.26 Å². The van der Waals surface area contributed by atoms with Crippen LogP contribution in [0, 0.1) is 11.3 Å². The summed E-state index contributed by atoms with van der Waals surface area (Å²) in [5.74, 6) is -1.28. The number of benzene rings is 3. The highest BCUT2D eigenvalue weighted by Gasteiger charge is 2.19. The summed E-state index contributed by atoms with van der Waals surface area (Å²) in [6.45, 7) is 0.0202. The number of phenols is 1. The molecule has 0 aliphatic carbocycles. The molecule has 1 aromatic heterocycles. The van der Waals surface area contributed by atoms with Crippen molar-refractivity contribution in [3.8, 4) is 11.8 Å². The standard InChI is InChI=1S/C24H18N2O4/c25-12-5-13-26-14-20(18-8-3-4-9-21(18)26)22(27)15-30-24(29)19-11-10-16-6-1-2-7-17(16)23(19)28/h1-4,6-11,14,28H,5,13,15H2. The van der Waals surface area contributed by atoms with Gasteiger partial charge in [0.2, 0.25) is 5.78 Å². The van der Waals surface area contributed by atoms with Crippen LogP contribution in [-0.4, -0.2) is 28.0 Å². The molecule has 6 heteroatoms. The highest BCUT2D eigenvalue weighted by Crippen LogP contribution is 2.29. The molecule has 4 aromatic rings. The van der Waals surface area contributed by atoms with Crippen molar-refractivity contribution >= 4 is 33.4 Å². The molecule has 0 atom stereocenters. The number of carbonyl (C=O) groups excluding carboxylic acids is 2. The first kappa shape index (κ1) is 19.2. The van der Waals surface area contributed by atoms with Crippen LogP contribution in [-0.2, 0) is 11.3 Å². The zero-order valence-corrected chi connectivity index (χ0v) is 16.0. The maximum absolute atomic E-state index is 12.8. The van der Waals surface area contributed by atoms with Gasteiger partial charge in [0, 0.05) is 34.6 Å². The normalized spacial score (nSPS) is 10.8. The van der Waals surface area contributed by atoms with Crippen molar-refractivity contribution in [2.75, 3.05) is 6.61 Å². The fourth-order valence-electron chi connectivity index (χ4n) is 3.53. The van der Waals surface area contributed by atoms with E-state index < -0.39 is 12.6 Å². The molecule has 0 saturated heterocycles. The lowest BCUT2D eigenvalue weighted by Gasteiger charge is -2.08. The van der Waals surface area contributed by atoms with Gasteiger partial charge in [-0.2, -0.15) is 5.26 Å². The largest absolute Gasteiger partial charge is 0.506 e. The number of hydrogen-bond donors (Lipinski definition) is 1. The summed E-state index contributed by atoms with van der Waals surface area (Å²) in [4.78, 5) is 25.2. The molecule has 0 unspecified atom stereocenters. The third kappa shape index (κ3) is 3.49. The predicted molar refractivity (Wildman–Crippen MR) is 112 cm³/mol. The van der Waals surface area contributed by atoms with Gasteiger partial charge in [-0.25, -0.2) is 4.79 Å². The SMILES string of the molecule is N#CCCn1cc(C(=O)COC(=O)c2ccc3ccccc3c2O)c2ccccc21. The van der Waals surface area contributed by atoms with E-state index in [0.29, 0.717) is 23.9 Å². The molecular weight excluding hydrogens is 380 g/mol. The molecule has 0 aliphatic heterocycles. The predicted octanol–water partition coefficient (Wildman–Crippen LogP) is 4.45. The lowest BCUT2D eigenvalue weighted by Crippen LogP contribution is -2.14. The molecule has 0 amide bonds. The van der Waals surface area contributed by atoms with E-state index in [4.69, 9.17) is 10.00 Å². The van der Waals surface area contributed by atoms with Gasteiger partial charge in [-0.05, 0) is 17.5 Å². The Morgan fingerprint density at radius 3 is 2.50 bits per heavy atom. The molecule has 0 spiro atoms. The fraction of sp³-hybridized carbons (Fsp3) is 0.125. The first-order valence-electron chi connectivity index (χ1n) is 9.46. The van der Waals surface area contributed by atoms with E-state index in [0.717, 1.165) is 16.3 Å². The Labute approximate surface area is 172 Å². The summed E-state index contributed by atoms with van der Waals surface area (Å²) in [5.41, 5.74) is 1.28. The maximum atomic E-state index is 12.8. The van der Waals surface area contributed by atoms with Crippen molar-refractivity contribution in [2.24, 2.45) is 0 Å². The van der Waals surface area contributed by atoms with Gasteiger partial charge in [0.15, 0.2) is 6.61 Å². The van der Waals surface area contributed by atoms with Gasteiger partial charge in [-0.15, -0.1) is 0 Å². The van der Waals surface area contributed by atoms with Gasteiger partial charge in [-0.3, -0.25) is 4.79 Å². The zero-order chi connectivity index (χ0) is 21.1. The molecule has 148 valence electrons. The number of esters is 1. The van der Waals surface area contributed by atoms with Crippen molar-refractivity contribution < 1.29 is 19.4 Å². The van der Waals surface area contributed by atoms with E-state index in [9.17, 15) is 14.7 Å². The number of nitriles is 1. The molecule has 3 aromatic carbocycles. The number of nitrogens with zero attached hydrogens (tertiary/aromatic N) is 2. The van der Waals surface area contributed by atoms with E-state index in [1.54, 1.807) is 24.4 Å². The average Bonchev–Trinajstić information content (AvgIpc) is 3.15. The molecule has 0 aliphatic rings. The second-order valence-corrected chi connectivity index (χ2v) is 6.84. The lowest BCUT2D eigenvalue weighted by atomic mass is 10.1. The van der Waals surface area contributed by atoms with Crippen LogP contribution in [0.1, 0.15) is 27.1 Å². The Morgan fingerprint density at radius 2 is 1.70 bits per heavy atom. The van der Waals surface area contributed by atoms with Crippen molar-refractivity contribution in [3.63, 3.8) is 0 Å². The number of ether oxygens (including phenoxy) is 1. The number of aromatic hydroxyl groups is 1. The van der Waals surface area contributed by atoms with Crippen molar-refractivity contribution in [2.45, 2.75) is 13.0 Å². The summed E-state index contributed by atoms with van der Waals surface area (Å²) in [6, 6.07) is 19.8. The Bertz CT molecular complexity index is 1310. The highest BCUT2D eigenvalue weighted by molar-refractivity contribution is 6.10. The van der Waals surface area contributed by atoms with Crippen LogP contribution < -0.4 is 0 Å². The minimum absolute atomic E-state index is 0.0120. The minimum atomic E-state index is -0.764. The number of para-hydroxylation sites is 1. The second kappa shape index (κ2) is 8.10. The number of phenolic OH excluding ortho intramolecular Hbond substituents is 1. The number of fused-ring (bicyclic) bond motifs is 2. The van der Waals surface area contributed by atoms with Gasteiger partial charge in [0.1, 0.15) is 11.3 Å². The van der Waals surface area contributed by atoms with Gasteiger partial charge in [-0.1, -0.05) is 48.5 Å². The first-order valence-corrected chi connectivity index (χ1v) is 9.46. The van der Waals surface area contributed by atoms with Crippen LogP contribution in [0.25, 0.3) is 21.7 Å². The molecule has 1 heterocycles. The Kier molecular flexibility index (Phi) is 5.19. The van der Waals surface area contributed by atoms with E-state index in [1.165, 1.54) is 6.07 Å². The third-order valence-electron chi connectivity index (χ3n) is 5.01. The minimum Gasteiger partial charge on any atom is -0.506 e. The summed E-state index contributed by atoms with van der Waals surface area (Å²) in [5, 5.41) is 21.3. The van der Waals surface area contributed by atoms with Crippen LogP contribution in [0.2, 0.25) is 0 Å². The molecule has 4 rings (SSSR count). The number of Topliss-reactive ketones (excluding diaryl/α,β-unsaturated/α-hetero) is 1. The monoisotopic (exact) mass is 398 g/mol. The van der Waals surface area contributed by atoms with E-state index >= 15 is 0 Å². The molecule has 0 saturated carbocycles. The Balaban J connectivity index is 1.55. The number of hydrogen-bond acceptors (Lipinski definition) is 5. The topological polar surface area (TPSA) is 92.3 Å². The number of carbonyl (C=O) groups is 2. The molecule has 0 bridgehead atoms. The van der Waals surface area contributed by atoms with Gasteiger partial charge in [0.05, 0.1) is 12.5 Å². The lowest BCUT2D eigenvalue weighted by molar-refractivity contribution is 0.0472. The van der Waals surface area contributed by atoms with Crippen molar-refractivity contribution in [3.05, 3.63) is 78.0 Å². The quantitative estimate of drug-likeness (QED) is 0.383. The molecule has 30 heavy (non-hydrogen) atoms. The summed E-state index contributed by atoms with van der Waals surface area (Å²) in [6.07, 6.45) is 2.01. The van der Waals surface area contributed by atoms with E-state index in [1.807, 2.05) is 41.0 Å². The smallest absolute Gasteiger partial charge is 0.342 e. The van der Waals surface area contributed by atoms with E-state index in [-0.39, 0.29) is 17.1 Å². The molecule has 0 radical (unpaired) electrons. The van der Waals surface area contributed by atoms with Crippen LogP contribution in [0.3, 0.4) is 0 Å². The van der Waals surface area contributed by atoms with E-state index in [2.05, 4.69) is 6.07 Å². The average molecular weight is 398 g/mol. The molecule has 0 fully saturated rings. The van der Waals surface area contributed by atoms with Gasteiger partial charge in [0.25, 0.3) is 0 Å². The van der Waals surface area contributed by atoms with Crippen LogP contribution >= 0.6 is 0 Å².